The second-order valence-electron chi connectivity index (χ2n) is 8.71. The Morgan fingerprint density at radius 2 is 1.44 bits per heavy atom. The summed E-state index contributed by atoms with van der Waals surface area (Å²) in [4.78, 5) is 11.4. The molecule has 0 aromatic heterocycles. The zero-order valence-electron chi connectivity index (χ0n) is 16.3. The summed E-state index contributed by atoms with van der Waals surface area (Å²) >= 11 is 0. The van der Waals surface area contributed by atoms with Crippen molar-refractivity contribution in [1.29, 1.82) is 0 Å². The van der Waals surface area contributed by atoms with E-state index in [0.717, 1.165) is 29.2 Å². The van der Waals surface area contributed by atoms with Gasteiger partial charge in [-0.2, -0.15) is 0 Å². The molecule has 2 aliphatic rings. The van der Waals surface area contributed by atoms with Gasteiger partial charge in [0.15, 0.2) is 5.78 Å². The highest BCUT2D eigenvalue weighted by Gasteiger charge is 2.31. The van der Waals surface area contributed by atoms with Crippen LogP contribution in [0.1, 0.15) is 106 Å². The van der Waals surface area contributed by atoms with E-state index in [1.54, 1.807) is 6.92 Å². The van der Waals surface area contributed by atoms with Gasteiger partial charge in [0.05, 0.1) is 0 Å². The molecule has 2 aliphatic carbocycles. The lowest BCUT2D eigenvalue weighted by Gasteiger charge is -2.38. The molecule has 1 heteroatoms. The summed E-state index contributed by atoms with van der Waals surface area (Å²) < 4.78 is 0. The molecule has 0 saturated heterocycles. The molecular weight excluding hydrogens is 304 g/mol. The Morgan fingerprint density at radius 1 is 0.880 bits per heavy atom. The summed E-state index contributed by atoms with van der Waals surface area (Å²) in [5, 5.41) is 0. The maximum absolute atomic E-state index is 11.4. The van der Waals surface area contributed by atoms with Gasteiger partial charge in [-0.25, -0.2) is 0 Å². The molecule has 1 aromatic carbocycles. The maximum Gasteiger partial charge on any atom is 0.159 e. The van der Waals surface area contributed by atoms with Gasteiger partial charge in [0.2, 0.25) is 0 Å². The number of carbonyl (C=O) groups excluding carboxylic acids is 1. The van der Waals surface area contributed by atoms with Gasteiger partial charge in [-0.05, 0) is 74.7 Å². The van der Waals surface area contributed by atoms with Crippen molar-refractivity contribution >= 4 is 5.78 Å². The smallest absolute Gasteiger partial charge is 0.159 e. The Kier molecular flexibility index (Phi) is 6.73. The van der Waals surface area contributed by atoms with Crippen LogP contribution in [0.15, 0.2) is 24.3 Å². The first-order chi connectivity index (χ1) is 12.2. The van der Waals surface area contributed by atoms with Crippen molar-refractivity contribution in [1.82, 2.24) is 0 Å². The maximum atomic E-state index is 11.4. The van der Waals surface area contributed by atoms with Crippen LogP contribution >= 0.6 is 0 Å². The largest absolute Gasteiger partial charge is 0.295 e. The van der Waals surface area contributed by atoms with Crippen LogP contribution in [0.5, 0.6) is 0 Å². The second kappa shape index (κ2) is 9.01. The Hall–Kier alpha value is -1.11. The average Bonchev–Trinajstić information content (AvgIpc) is 2.67. The molecule has 3 rings (SSSR count). The molecule has 1 nitrogen and oxygen atoms in total. The van der Waals surface area contributed by atoms with Crippen LogP contribution in [0.25, 0.3) is 0 Å². The van der Waals surface area contributed by atoms with E-state index in [-0.39, 0.29) is 5.78 Å². The molecule has 0 bridgehead atoms. The first-order valence-electron chi connectivity index (χ1n) is 10.8. The molecule has 2 saturated carbocycles. The summed E-state index contributed by atoms with van der Waals surface area (Å²) in [6.07, 6.45) is 15.8. The standard InChI is InChI=1S/C24H36O/c1-3-4-5-19-6-8-21(9-7-19)23-14-16-24(17-15-23)22-12-10-20(11-13-22)18(2)25/h10-13,19,21,23-24H,3-9,14-17H2,1-2H3/t19-,21-,23?,24?. The lowest BCUT2D eigenvalue weighted by atomic mass is 9.68. The van der Waals surface area contributed by atoms with Crippen molar-refractivity contribution in [3.05, 3.63) is 35.4 Å². The summed E-state index contributed by atoms with van der Waals surface area (Å²) in [7, 11) is 0. The number of unbranched alkanes of at least 4 members (excludes halogenated alkanes) is 1. The minimum atomic E-state index is 0.171. The molecule has 0 radical (unpaired) electrons. The number of Topliss-reactive ketones (excluding diaryl/α,β-unsaturated/α-hetero) is 1. The topological polar surface area (TPSA) is 17.1 Å². The number of carbonyl (C=O) groups is 1. The Balaban J connectivity index is 1.45. The normalized spacial score (nSPS) is 30.2. The zero-order valence-corrected chi connectivity index (χ0v) is 16.3. The fraction of sp³-hybridized carbons (Fsp3) is 0.708. The highest BCUT2D eigenvalue weighted by atomic mass is 16.1. The van der Waals surface area contributed by atoms with E-state index in [1.165, 1.54) is 76.2 Å². The third kappa shape index (κ3) is 4.96. The van der Waals surface area contributed by atoms with E-state index in [1.807, 2.05) is 12.1 Å². The third-order valence-corrected chi connectivity index (χ3v) is 7.08. The van der Waals surface area contributed by atoms with Crippen LogP contribution in [0.4, 0.5) is 0 Å². The summed E-state index contributed by atoms with van der Waals surface area (Å²) in [5.74, 6) is 3.93. The Bertz CT molecular complexity index is 528. The number of hydrogen-bond donors (Lipinski definition) is 0. The molecule has 0 amide bonds. The minimum Gasteiger partial charge on any atom is -0.295 e. The first kappa shape index (κ1) is 18.7. The lowest BCUT2D eigenvalue weighted by molar-refractivity contribution is 0.101. The van der Waals surface area contributed by atoms with Crippen LogP contribution in [0.3, 0.4) is 0 Å². The first-order valence-corrected chi connectivity index (χ1v) is 10.8. The molecular formula is C24H36O. The van der Waals surface area contributed by atoms with Crippen LogP contribution in [0.2, 0.25) is 0 Å². The van der Waals surface area contributed by atoms with Crippen molar-refractivity contribution in [2.75, 3.05) is 0 Å². The molecule has 25 heavy (non-hydrogen) atoms. The van der Waals surface area contributed by atoms with Crippen molar-refractivity contribution in [3.63, 3.8) is 0 Å². The van der Waals surface area contributed by atoms with Crippen LogP contribution in [0, 0.1) is 17.8 Å². The molecule has 0 unspecified atom stereocenters. The Labute approximate surface area is 154 Å². The van der Waals surface area contributed by atoms with Gasteiger partial charge < -0.3 is 0 Å². The third-order valence-electron chi connectivity index (χ3n) is 7.08. The SMILES string of the molecule is CCCC[C@H]1CC[C@H](C2CCC(c3ccc(C(C)=O)cc3)CC2)CC1. The molecule has 0 aliphatic heterocycles. The van der Waals surface area contributed by atoms with Crippen LogP contribution in [-0.2, 0) is 0 Å². The predicted octanol–water partition coefficient (Wildman–Crippen LogP) is 7.16. The number of hydrogen-bond acceptors (Lipinski definition) is 1. The van der Waals surface area contributed by atoms with E-state index in [0.29, 0.717) is 0 Å². The highest BCUT2D eigenvalue weighted by Crippen LogP contribution is 2.44. The average molecular weight is 341 g/mol. The molecule has 0 atom stereocenters. The van der Waals surface area contributed by atoms with E-state index in [9.17, 15) is 4.79 Å². The van der Waals surface area contributed by atoms with Crippen molar-refractivity contribution in [3.8, 4) is 0 Å². The number of benzene rings is 1. The van der Waals surface area contributed by atoms with Crippen molar-refractivity contribution in [2.24, 2.45) is 17.8 Å². The van der Waals surface area contributed by atoms with E-state index in [2.05, 4.69) is 19.1 Å². The van der Waals surface area contributed by atoms with Gasteiger partial charge in [0, 0.05) is 5.56 Å². The van der Waals surface area contributed by atoms with E-state index in [4.69, 9.17) is 0 Å². The summed E-state index contributed by atoms with van der Waals surface area (Å²) in [5.41, 5.74) is 2.30. The van der Waals surface area contributed by atoms with Gasteiger partial charge in [-0.1, -0.05) is 63.3 Å². The quantitative estimate of drug-likeness (QED) is 0.502. The lowest BCUT2D eigenvalue weighted by Crippen LogP contribution is -2.25. The monoisotopic (exact) mass is 340 g/mol. The molecule has 1 aromatic rings. The molecule has 0 heterocycles. The molecule has 2 fully saturated rings. The van der Waals surface area contributed by atoms with Gasteiger partial charge in [0.1, 0.15) is 0 Å². The minimum absolute atomic E-state index is 0.171. The van der Waals surface area contributed by atoms with Gasteiger partial charge in [-0.15, -0.1) is 0 Å². The van der Waals surface area contributed by atoms with Gasteiger partial charge in [0.25, 0.3) is 0 Å². The predicted molar refractivity (Wildman–Crippen MR) is 106 cm³/mol. The second-order valence-corrected chi connectivity index (χ2v) is 8.71. The van der Waals surface area contributed by atoms with Crippen molar-refractivity contribution in [2.45, 2.75) is 90.4 Å². The summed E-state index contributed by atoms with van der Waals surface area (Å²) in [6.45, 7) is 3.97. The van der Waals surface area contributed by atoms with Gasteiger partial charge in [-0.3, -0.25) is 4.79 Å². The van der Waals surface area contributed by atoms with Crippen LogP contribution in [-0.4, -0.2) is 5.78 Å². The highest BCUT2D eigenvalue weighted by molar-refractivity contribution is 5.94. The number of rotatable bonds is 6. The fourth-order valence-electron chi connectivity index (χ4n) is 5.36. The van der Waals surface area contributed by atoms with E-state index < -0.39 is 0 Å². The number of ketones is 1. The van der Waals surface area contributed by atoms with E-state index >= 15 is 0 Å². The molecule has 138 valence electrons. The fourth-order valence-corrected chi connectivity index (χ4v) is 5.36. The van der Waals surface area contributed by atoms with Crippen molar-refractivity contribution < 1.29 is 4.79 Å². The Morgan fingerprint density at radius 3 is 1.96 bits per heavy atom. The molecule has 0 spiro atoms. The van der Waals surface area contributed by atoms with Crippen LogP contribution < -0.4 is 0 Å². The van der Waals surface area contributed by atoms with Gasteiger partial charge >= 0.3 is 0 Å². The zero-order chi connectivity index (χ0) is 17.6. The summed E-state index contributed by atoms with van der Waals surface area (Å²) in [6, 6.07) is 8.42. The molecule has 0 N–H and O–H groups in total.